The van der Waals surface area contributed by atoms with Gasteiger partial charge in [0.05, 0.1) is 17.6 Å². The molecule has 0 spiro atoms. The molecular weight excluding hydrogens is 446 g/mol. The van der Waals surface area contributed by atoms with E-state index in [2.05, 4.69) is 40.7 Å². The predicted molar refractivity (Wildman–Crippen MR) is 143 cm³/mol. The third-order valence-corrected chi connectivity index (χ3v) is 8.80. The van der Waals surface area contributed by atoms with Crippen molar-refractivity contribution in [2.75, 3.05) is 13.2 Å². The highest BCUT2D eigenvalue weighted by Crippen LogP contribution is 2.60. The number of rotatable bonds is 10. The molecule has 0 saturated heterocycles. The Morgan fingerprint density at radius 2 is 1.75 bits per heavy atom. The summed E-state index contributed by atoms with van der Waals surface area (Å²) in [6.45, 7) is 5.76. The van der Waals surface area contributed by atoms with E-state index in [1.54, 1.807) is 0 Å². The van der Waals surface area contributed by atoms with Crippen LogP contribution in [0.1, 0.15) is 49.9 Å². The first-order valence-electron chi connectivity index (χ1n) is 13.7. The maximum Gasteiger partial charge on any atom is 0.226 e. The van der Waals surface area contributed by atoms with Gasteiger partial charge in [0, 0.05) is 18.4 Å². The van der Waals surface area contributed by atoms with E-state index in [1.165, 1.54) is 19.3 Å². The Hall–Kier alpha value is -3.08. The van der Waals surface area contributed by atoms with Gasteiger partial charge in [-0.1, -0.05) is 36.4 Å². The first-order valence-corrected chi connectivity index (χ1v) is 13.7. The fraction of sp³-hybridized carbons (Fsp3) is 0.484. The Bertz CT molecular complexity index is 1220. The zero-order chi connectivity index (χ0) is 24.5. The molecule has 188 valence electrons. The Morgan fingerprint density at radius 3 is 2.50 bits per heavy atom. The minimum Gasteiger partial charge on any atom is -0.491 e. The van der Waals surface area contributed by atoms with Crippen LogP contribution in [0.4, 0.5) is 0 Å². The van der Waals surface area contributed by atoms with E-state index < -0.39 is 0 Å². The molecule has 36 heavy (non-hydrogen) atoms. The number of ether oxygens (including phenoxy) is 1. The van der Waals surface area contributed by atoms with Gasteiger partial charge in [-0.25, -0.2) is 4.98 Å². The smallest absolute Gasteiger partial charge is 0.226 e. The molecule has 0 radical (unpaired) electrons. The summed E-state index contributed by atoms with van der Waals surface area (Å²) >= 11 is 0. The van der Waals surface area contributed by atoms with Gasteiger partial charge in [0.1, 0.15) is 18.2 Å². The lowest BCUT2D eigenvalue weighted by Gasteiger charge is -2.55. The van der Waals surface area contributed by atoms with E-state index in [9.17, 15) is 4.79 Å². The van der Waals surface area contributed by atoms with Gasteiger partial charge in [0.25, 0.3) is 0 Å². The van der Waals surface area contributed by atoms with Gasteiger partial charge < -0.3 is 14.6 Å². The summed E-state index contributed by atoms with van der Waals surface area (Å²) < 4.78 is 8.43. The summed E-state index contributed by atoms with van der Waals surface area (Å²) in [6, 6.07) is 16.4. The number of carbonyl (C=O) groups excluding carboxylic acids is 1. The third kappa shape index (κ3) is 4.44. The van der Waals surface area contributed by atoms with E-state index in [0.29, 0.717) is 25.6 Å². The number of allylic oxidation sites excluding steroid dienone is 1. The number of hydrogen-bond donors (Lipinski definition) is 1. The average molecular weight is 484 g/mol. The summed E-state index contributed by atoms with van der Waals surface area (Å²) in [5.74, 6) is 4.55. The molecular formula is C31H37N3O2. The lowest BCUT2D eigenvalue weighted by Crippen LogP contribution is -2.53. The van der Waals surface area contributed by atoms with Crippen LogP contribution in [-0.2, 0) is 24.2 Å². The second-order valence-corrected chi connectivity index (χ2v) is 11.3. The van der Waals surface area contributed by atoms with Gasteiger partial charge in [-0.2, -0.15) is 0 Å². The van der Waals surface area contributed by atoms with Crippen molar-refractivity contribution in [3.63, 3.8) is 0 Å². The molecule has 1 N–H and O–H groups in total. The lowest BCUT2D eigenvalue weighted by atomic mass is 9.49. The molecule has 4 aliphatic carbocycles. The number of fused-ring (bicyclic) bond motifs is 1. The summed E-state index contributed by atoms with van der Waals surface area (Å²) in [5, 5.41) is 3.33. The number of para-hydroxylation sites is 3. The van der Waals surface area contributed by atoms with Crippen LogP contribution in [0.2, 0.25) is 0 Å². The number of amides is 1. The SMILES string of the molecule is C=CCc1ccccc1OCCn1c(CCNC(=O)C23CC4CC(CC(C4)C2)C3)nc2ccccc21. The molecule has 4 saturated carbocycles. The standard InChI is InChI=1S/C31H37N3O2/c1-2-7-25-8-3-6-11-28(25)36-15-14-34-27-10-5-4-9-26(27)33-29(34)12-13-32-30(35)31-19-22-16-23(20-31)18-24(17-22)21-31/h2-6,8-11,22-24H,1,7,12-21H2,(H,32,35). The number of hydrogen-bond acceptors (Lipinski definition) is 3. The second-order valence-electron chi connectivity index (χ2n) is 11.3. The molecule has 4 fully saturated rings. The van der Waals surface area contributed by atoms with Gasteiger partial charge in [0.15, 0.2) is 0 Å². The van der Waals surface area contributed by atoms with Crippen molar-refractivity contribution >= 4 is 16.9 Å². The van der Waals surface area contributed by atoms with E-state index in [1.807, 2.05) is 30.3 Å². The van der Waals surface area contributed by atoms with Crippen LogP contribution in [0.5, 0.6) is 5.75 Å². The predicted octanol–water partition coefficient (Wildman–Crippen LogP) is 5.72. The highest BCUT2D eigenvalue weighted by Gasteiger charge is 2.54. The molecule has 4 aliphatic rings. The van der Waals surface area contributed by atoms with Crippen molar-refractivity contribution in [2.45, 2.75) is 57.9 Å². The van der Waals surface area contributed by atoms with Crippen molar-refractivity contribution in [1.29, 1.82) is 0 Å². The van der Waals surface area contributed by atoms with Gasteiger partial charge in [-0.05, 0) is 86.5 Å². The zero-order valence-electron chi connectivity index (χ0n) is 21.1. The van der Waals surface area contributed by atoms with Crippen molar-refractivity contribution < 1.29 is 9.53 Å². The fourth-order valence-electron chi connectivity index (χ4n) is 7.65. The highest BCUT2D eigenvalue weighted by atomic mass is 16.5. The molecule has 7 rings (SSSR count). The van der Waals surface area contributed by atoms with Crippen molar-refractivity contribution in [3.8, 4) is 5.75 Å². The maximum absolute atomic E-state index is 13.4. The van der Waals surface area contributed by atoms with Gasteiger partial charge >= 0.3 is 0 Å². The largest absolute Gasteiger partial charge is 0.491 e. The number of aromatic nitrogens is 2. The normalized spacial score (nSPS) is 26.3. The third-order valence-electron chi connectivity index (χ3n) is 8.80. The van der Waals surface area contributed by atoms with Crippen molar-refractivity contribution in [3.05, 3.63) is 72.6 Å². The Morgan fingerprint density at radius 1 is 1.06 bits per heavy atom. The lowest BCUT2D eigenvalue weighted by molar-refractivity contribution is -0.146. The van der Waals surface area contributed by atoms with Crippen LogP contribution in [0.3, 0.4) is 0 Å². The molecule has 0 aliphatic heterocycles. The molecule has 5 nitrogen and oxygen atoms in total. The Balaban J connectivity index is 1.12. The van der Waals surface area contributed by atoms with Gasteiger partial charge in [-0.15, -0.1) is 6.58 Å². The maximum atomic E-state index is 13.4. The molecule has 4 bridgehead atoms. The Kier molecular flexibility index (Phi) is 6.32. The van der Waals surface area contributed by atoms with E-state index in [0.717, 1.165) is 78.0 Å². The molecule has 2 aromatic carbocycles. The first kappa shape index (κ1) is 23.3. The summed E-state index contributed by atoms with van der Waals surface area (Å²) in [7, 11) is 0. The molecule has 0 atom stereocenters. The van der Waals surface area contributed by atoms with E-state index in [-0.39, 0.29) is 5.41 Å². The van der Waals surface area contributed by atoms with Crippen LogP contribution in [0.15, 0.2) is 61.2 Å². The van der Waals surface area contributed by atoms with Crippen molar-refractivity contribution in [1.82, 2.24) is 14.9 Å². The van der Waals surface area contributed by atoms with Crippen LogP contribution < -0.4 is 10.1 Å². The molecule has 3 aromatic rings. The first-order chi connectivity index (χ1) is 17.6. The topological polar surface area (TPSA) is 56.1 Å². The molecule has 1 amide bonds. The van der Waals surface area contributed by atoms with E-state index in [4.69, 9.17) is 9.72 Å². The molecule has 1 aromatic heterocycles. The summed E-state index contributed by atoms with van der Waals surface area (Å²) in [5.41, 5.74) is 3.16. The average Bonchev–Trinajstić information content (AvgIpc) is 3.22. The van der Waals surface area contributed by atoms with E-state index >= 15 is 0 Å². The van der Waals surface area contributed by atoms with Crippen LogP contribution in [0, 0.1) is 23.2 Å². The monoisotopic (exact) mass is 483 g/mol. The summed E-state index contributed by atoms with van der Waals surface area (Å²) in [6.07, 6.45) is 10.8. The second kappa shape index (κ2) is 9.76. The number of benzene rings is 2. The fourth-order valence-corrected chi connectivity index (χ4v) is 7.65. The number of nitrogens with one attached hydrogen (secondary N) is 1. The highest BCUT2D eigenvalue weighted by molar-refractivity contribution is 5.83. The van der Waals surface area contributed by atoms with Gasteiger partial charge in [0.2, 0.25) is 5.91 Å². The van der Waals surface area contributed by atoms with Crippen LogP contribution in [-0.4, -0.2) is 28.6 Å². The molecule has 5 heteroatoms. The summed E-state index contributed by atoms with van der Waals surface area (Å²) in [4.78, 5) is 18.3. The van der Waals surface area contributed by atoms with Gasteiger partial charge in [-0.3, -0.25) is 4.79 Å². The number of carbonyl (C=O) groups is 1. The van der Waals surface area contributed by atoms with Crippen LogP contribution >= 0.6 is 0 Å². The molecule has 0 unspecified atom stereocenters. The minimum atomic E-state index is -0.0957. The zero-order valence-corrected chi connectivity index (χ0v) is 21.1. The number of imidazole rings is 1. The Labute approximate surface area is 213 Å². The number of nitrogens with zero attached hydrogens (tertiary/aromatic N) is 2. The molecule has 1 heterocycles. The van der Waals surface area contributed by atoms with Crippen molar-refractivity contribution in [2.24, 2.45) is 23.2 Å². The minimum absolute atomic E-state index is 0.0957. The quantitative estimate of drug-likeness (QED) is 0.375. The van der Waals surface area contributed by atoms with Crippen LogP contribution in [0.25, 0.3) is 11.0 Å².